The summed E-state index contributed by atoms with van der Waals surface area (Å²) >= 11 is 0. The predicted molar refractivity (Wildman–Crippen MR) is 207 cm³/mol. The first kappa shape index (κ1) is 31.6. The van der Waals surface area contributed by atoms with Crippen LogP contribution in [0.4, 0.5) is 0 Å². The highest BCUT2D eigenvalue weighted by Gasteiger charge is 2.53. The molecule has 0 heterocycles. The second-order valence-corrected chi connectivity index (χ2v) is 14.9. The van der Waals surface area contributed by atoms with Crippen molar-refractivity contribution in [3.8, 4) is 0 Å². The molecule has 0 unspecified atom stereocenters. The zero-order valence-corrected chi connectivity index (χ0v) is 28.0. The van der Waals surface area contributed by atoms with Crippen LogP contribution in [0, 0.1) is 0 Å². The third-order valence-corrected chi connectivity index (χ3v) is 12.8. The van der Waals surface area contributed by atoms with Crippen molar-refractivity contribution in [1.82, 2.24) is 4.67 Å². The molecule has 0 fully saturated rings. The number of nitrogens with zero attached hydrogens (tertiary/aromatic N) is 1. The Morgan fingerprint density at radius 1 is 0.388 bits per heavy atom. The summed E-state index contributed by atoms with van der Waals surface area (Å²) < 4.78 is 2.16. The van der Waals surface area contributed by atoms with Crippen LogP contribution in [0.2, 0.25) is 0 Å². The van der Waals surface area contributed by atoms with Crippen LogP contribution < -0.4 is 21.0 Å². The van der Waals surface area contributed by atoms with E-state index in [1.165, 1.54) is 0 Å². The number of hydrogen-bond donors (Lipinski definition) is 0. The summed E-state index contributed by atoms with van der Waals surface area (Å²) in [5, 5.41) is 19.5. The van der Waals surface area contributed by atoms with Gasteiger partial charge in [0, 0.05) is 17.0 Å². The molecule has 2 nitrogen and oxygen atoms in total. The zero-order valence-electron chi connectivity index (χ0n) is 27.1. The van der Waals surface area contributed by atoms with E-state index in [0.717, 1.165) is 43.9 Å². The molecule has 0 amide bonds. The minimum atomic E-state index is -2.98. The number of benzene rings is 7. The third kappa shape index (κ3) is 6.48. The Balaban J connectivity index is 1.71. The summed E-state index contributed by atoms with van der Waals surface area (Å²) in [7, 11) is -2.98. The lowest BCUT2D eigenvalue weighted by Crippen LogP contribution is -2.45. The SMILES string of the molecule is [O-]C(=C(c1ccccc1)c1ccccc1)N(/C(=C/c1ccccc1)c1ccccc1)[P+](c1ccccc1)(c1ccccc1)c1ccccc1. The minimum absolute atomic E-state index is 0.0756. The Labute approximate surface area is 290 Å². The fraction of sp³-hybridized carbons (Fsp3) is 0. The highest BCUT2D eigenvalue weighted by molar-refractivity contribution is 7.94. The molecular formula is C46H36NOP. The van der Waals surface area contributed by atoms with E-state index in [0.29, 0.717) is 5.57 Å². The lowest BCUT2D eigenvalue weighted by atomic mass is 9.98. The molecule has 3 heteroatoms. The number of rotatable bonds is 10. The van der Waals surface area contributed by atoms with Gasteiger partial charge >= 0.3 is 0 Å². The third-order valence-electron chi connectivity index (χ3n) is 8.62. The average molecular weight is 650 g/mol. The van der Waals surface area contributed by atoms with Gasteiger partial charge in [0.05, 0.1) is 5.70 Å². The molecule has 0 spiro atoms. The average Bonchev–Trinajstić information content (AvgIpc) is 3.19. The summed E-state index contributed by atoms with van der Waals surface area (Å²) in [6.07, 6.45) is 2.17. The lowest BCUT2D eigenvalue weighted by molar-refractivity contribution is -0.318. The first-order valence-corrected chi connectivity index (χ1v) is 18.2. The molecule has 0 bridgehead atoms. The van der Waals surface area contributed by atoms with Crippen LogP contribution in [0.5, 0.6) is 0 Å². The maximum absolute atomic E-state index is 16.3. The highest BCUT2D eigenvalue weighted by atomic mass is 31.2. The molecular weight excluding hydrogens is 613 g/mol. The maximum Gasteiger partial charge on any atom is 0.206 e. The molecule has 0 N–H and O–H groups in total. The summed E-state index contributed by atoms with van der Waals surface area (Å²) in [6, 6.07) is 72.5. The first-order valence-electron chi connectivity index (χ1n) is 16.5. The molecule has 0 aliphatic heterocycles. The van der Waals surface area contributed by atoms with E-state index in [2.05, 4.69) is 108 Å². The van der Waals surface area contributed by atoms with Crippen LogP contribution >= 0.6 is 7.41 Å². The van der Waals surface area contributed by atoms with Gasteiger partial charge < -0.3 is 5.11 Å². The maximum atomic E-state index is 16.3. The fourth-order valence-electron chi connectivity index (χ4n) is 6.44. The van der Waals surface area contributed by atoms with E-state index < -0.39 is 7.41 Å². The second kappa shape index (κ2) is 14.9. The first-order chi connectivity index (χ1) is 24.3. The Bertz CT molecular complexity index is 2000. The smallest absolute Gasteiger partial charge is 0.206 e. The molecule has 0 aliphatic rings. The predicted octanol–water partition coefficient (Wildman–Crippen LogP) is 9.17. The van der Waals surface area contributed by atoms with Gasteiger partial charge in [-0.1, -0.05) is 176 Å². The topological polar surface area (TPSA) is 26.3 Å². The molecule has 7 rings (SSSR count). The van der Waals surface area contributed by atoms with Crippen molar-refractivity contribution in [3.63, 3.8) is 0 Å². The van der Waals surface area contributed by atoms with Gasteiger partial charge in [-0.15, -0.1) is 0 Å². The Kier molecular flexibility index (Phi) is 9.60. The van der Waals surface area contributed by atoms with Crippen LogP contribution in [0.3, 0.4) is 0 Å². The quantitative estimate of drug-likeness (QED) is 0.0839. The van der Waals surface area contributed by atoms with Crippen molar-refractivity contribution in [2.75, 3.05) is 0 Å². The van der Waals surface area contributed by atoms with E-state index in [4.69, 9.17) is 0 Å². The van der Waals surface area contributed by atoms with Crippen molar-refractivity contribution in [2.45, 2.75) is 0 Å². The molecule has 236 valence electrons. The van der Waals surface area contributed by atoms with Gasteiger partial charge in [0.1, 0.15) is 15.9 Å². The Hall–Kier alpha value is -5.95. The molecule has 0 aliphatic carbocycles. The normalized spacial score (nSPS) is 11.5. The van der Waals surface area contributed by atoms with E-state index in [1.54, 1.807) is 0 Å². The van der Waals surface area contributed by atoms with Crippen LogP contribution in [-0.2, 0) is 0 Å². The van der Waals surface area contributed by atoms with Crippen LogP contribution in [0.15, 0.2) is 218 Å². The summed E-state index contributed by atoms with van der Waals surface area (Å²) in [4.78, 5) is 0. The molecule has 0 radical (unpaired) electrons. The largest absolute Gasteiger partial charge is 0.857 e. The monoisotopic (exact) mass is 649 g/mol. The van der Waals surface area contributed by atoms with Crippen LogP contribution in [0.1, 0.15) is 22.3 Å². The van der Waals surface area contributed by atoms with Gasteiger partial charge in [-0.25, -0.2) is 4.67 Å². The molecule has 7 aromatic carbocycles. The number of hydrogen-bond acceptors (Lipinski definition) is 2. The molecule has 49 heavy (non-hydrogen) atoms. The van der Waals surface area contributed by atoms with Crippen molar-refractivity contribution in [1.29, 1.82) is 0 Å². The molecule has 0 aromatic heterocycles. The second-order valence-electron chi connectivity index (χ2n) is 11.7. The molecule has 0 saturated carbocycles. The van der Waals surface area contributed by atoms with E-state index in [1.807, 2.05) is 115 Å². The molecule has 7 aromatic rings. The van der Waals surface area contributed by atoms with Gasteiger partial charge in [-0.05, 0) is 59.2 Å². The van der Waals surface area contributed by atoms with Gasteiger partial charge in [-0.3, -0.25) is 0 Å². The zero-order chi connectivity index (χ0) is 33.3. The standard InChI is InChI=1S/C46H36NOP/c48-46(45(39-26-12-3-13-27-39)40-28-14-4-15-29-40)47(44(38-24-10-2-11-25-38)36-37-22-8-1-9-23-37)49(41-30-16-5-17-31-41,42-32-18-6-19-33-42)43-34-20-7-21-35-43/h1-36H/b44-36+. The lowest BCUT2D eigenvalue weighted by Gasteiger charge is -2.43. The van der Waals surface area contributed by atoms with Crippen molar-refractivity contribution in [3.05, 3.63) is 240 Å². The van der Waals surface area contributed by atoms with Gasteiger partial charge in [-0.2, -0.15) is 0 Å². The van der Waals surface area contributed by atoms with Gasteiger partial charge in [0.25, 0.3) is 0 Å². The summed E-state index contributed by atoms with van der Waals surface area (Å²) in [5.41, 5.74) is 5.15. The summed E-state index contributed by atoms with van der Waals surface area (Å²) in [6.45, 7) is 0. The minimum Gasteiger partial charge on any atom is -0.857 e. The van der Waals surface area contributed by atoms with E-state index >= 15 is 5.11 Å². The van der Waals surface area contributed by atoms with Crippen LogP contribution in [0.25, 0.3) is 17.3 Å². The molecule has 0 saturated heterocycles. The van der Waals surface area contributed by atoms with Crippen molar-refractivity contribution < 1.29 is 5.11 Å². The van der Waals surface area contributed by atoms with Gasteiger partial charge in [0.15, 0.2) is 0 Å². The van der Waals surface area contributed by atoms with Crippen LogP contribution in [-0.4, -0.2) is 4.67 Å². The van der Waals surface area contributed by atoms with Crippen molar-refractivity contribution in [2.24, 2.45) is 0 Å². The van der Waals surface area contributed by atoms with E-state index in [9.17, 15) is 0 Å². The van der Waals surface area contributed by atoms with Crippen molar-refractivity contribution >= 4 is 40.7 Å². The Morgan fingerprint density at radius 3 is 1.06 bits per heavy atom. The summed E-state index contributed by atoms with van der Waals surface area (Å²) in [5.74, 6) is -0.0756. The van der Waals surface area contributed by atoms with E-state index in [-0.39, 0.29) is 5.88 Å². The fourth-order valence-corrected chi connectivity index (χ4v) is 10.7. The highest BCUT2D eigenvalue weighted by Crippen LogP contribution is 2.63. The van der Waals surface area contributed by atoms with Gasteiger partial charge in [0.2, 0.25) is 7.41 Å². The molecule has 0 atom stereocenters. The Morgan fingerprint density at radius 2 is 0.694 bits per heavy atom.